The van der Waals surface area contributed by atoms with Crippen LogP contribution in [0.3, 0.4) is 0 Å². The molecule has 0 radical (unpaired) electrons. The topological polar surface area (TPSA) is 49.8 Å². The van der Waals surface area contributed by atoms with E-state index in [4.69, 9.17) is 4.74 Å². The van der Waals surface area contributed by atoms with E-state index < -0.39 is 12.0 Å². The summed E-state index contributed by atoms with van der Waals surface area (Å²) in [5.74, 6) is 0.408. The first-order valence-corrected chi connectivity index (χ1v) is 7.89. The zero-order chi connectivity index (χ0) is 16.7. The van der Waals surface area contributed by atoms with Crippen molar-refractivity contribution in [1.82, 2.24) is 0 Å². The second-order valence-electron chi connectivity index (χ2n) is 7.24. The summed E-state index contributed by atoms with van der Waals surface area (Å²) in [5.41, 5.74) is 1.97. The van der Waals surface area contributed by atoms with Gasteiger partial charge in [-0.3, -0.25) is 0 Å². The molecular formula is C18H27NO3. The molecule has 0 amide bonds. The molecule has 22 heavy (non-hydrogen) atoms. The van der Waals surface area contributed by atoms with Crippen LogP contribution in [0.15, 0.2) is 18.2 Å². The number of nitrogens with zero attached hydrogens (tertiary/aromatic N) is 1. The van der Waals surface area contributed by atoms with Crippen LogP contribution < -0.4 is 9.64 Å². The van der Waals surface area contributed by atoms with Gasteiger partial charge in [0, 0.05) is 17.3 Å². The lowest BCUT2D eigenvalue weighted by Gasteiger charge is -2.51. The third kappa shape index (κ3) is 2.79. The van der Waals surface area contributed by atoms with Crippen LogP contribution in [0, 0.1) is 5.92 Å². The summed E-state index contributed by atoms with van der Waals surface area (Å²) < 4.78 is 5.36. The van der Waals surface area contributed by atoms with E-state index >= 15 is 0 Å². The van der Waals surface area contributed by atoms with E-state index in [-0.39, 0.29) is 11.5 Å². The largest absolute Gasteiger partial charge is 0.497 e. The predicted molar refractivity (Wildman–Crippen MR) is 88.8 cm³/mol. The smallest absolute Gasteiger partial charge is 0.326 e. The minimum Gasteiger partial charge on any atom is -0.497 e. The second-order valence-corrected chi connectivity index (χ2v) is 7.24. The molecule has 1 heterocycles. The molecule has 1 aromatic carbocycles. The van der Waals surface area contributed by atoms with Crippen LogP contribution in [0.1, 0.15) is 52.5 Å². The maximum atomic E-state index is 11.9. The number of hydrogen-bond donors (Lipinski definition) is 1. The Bertz CT molecular complexity index is 565. The Kier molecular flexibility index (Phi) is 4.41. The van der Waals surface area contributed by atoms with Gasteiger partial charge in [-0.15, -0.1) is 0 Å². The summed E-state index contributed by atoms with van der Waals surface area (Å²) in [7, 11) is 1.64. The van der Waals surface area contributed by atoms with Gasteiger partial charge < -0.3 is 14.7 Å². The molecule has 0 saturated heterocycles. The van der Waals surface area contributed by atoms with Gasteiger partial charge in [0.25, 0.3) is 0 Å². The molecule has 2 unspecified atom stereocenters. The summed E-state index contributed by atoms with van der Waals surface area (Å²) in [6.07, 6.45) is 0.933. The number of benzene rings is 1. The van der Waals surface area contributed by atoms with Crippen LogP contribution in [-0.2, 0) is 4.79 Å². The van der Waals surface area contributed by atoms with E-state index in [0.717, 1.165) is 17.9 Å². The molecule has 1 aliphatic heterocycles. The van der Waals surface area contributed by atoms with E-state index in [2.05, 4.69) is 31.7 Å². The van der Waals surface area contributed by atoms with Gasteiger partial charge in [0.2, 0.25) is 0 Å². The third-order valence-corrected chi connectivity index (χ3v) is 4.65. The molecule has 1 N–H and O–H groups in total. The number of fused-ring (bicyclic) bond motifs is 1. The summed E-state index contributed by atoms with van der Waals surface area (Å²) in [5, 5.41) is 9.77. The van der Waals surface area contributed by atoms with E-state index in [1.807, 2.05) is 26.0 Å². The minimum atomic E-state index is -0.772. The van der Waals surface area contributed by atoms with E-state index in [1.54, 1.807) is 7.11 Å². The van der Waals surface area contributed by atoms with Gasteiger partial charge in [0.15, 0.2) is 0 Å². The predicted octanol–water partition coefficient (Wildman–Crippen LogP) is 3.90. The van der Waals surface area contributed by atoms with Crippen LogP contribution in [0.2, 0.25) is 0 Å². The fourth-order valence-electron chi connectivity index (χ4n) is 3.78. The van der Waals surface area contributed by atoms with Gasteiger partial charge in [-0.1, -0.05) is 26.8 Å². The molecule has 4 heteroatoms. The van der Waals surface area contributed by atoms with Crippen molar-refractivity contribution >= 4 is 11.7 Å². The highest BCUT2D eigenvalue weighted by Crippen LogP contribution is 2.46. The number of methoxy groups -OCH3 is 1. The van der Waals surface area contributed by atoms with Gasteiger partial charge in [0.1, 0.15) is 11.8 Å². The number of anilines is 1. The molecule has 0 bridgehead atoms. The maximum Gasteiger partial charge on any atom is 0.326 e. The van der Waals surface area contributed by atoms with Crippen molar-refractivity contribution in [2.24, 2.45) is 5.92 Å². The number of carboxylic acids is 1. The molecule has 0 aliphatic carbocycles. The molecule has 0 spiro atoms. The Morgan fingerprint density at radius 1 is 1.41 bits per heavy atom. The highest BCUT2D eigenvalue weighted by atomic mass is 16.5. The molecule has 1 aromatic rings. The minimum absolute atomic E-state index is 0.0178. The molecule has 2 atom stereocenters. The van der Waals surface area contributed by atoms with Gasteiger partial charge in [-0.2, -0.15) is 0 Å². The number of hydrogen-bond acceptors (Lipinski definition) is 3. The fourth-order valence-corrected chi connectivity index (χ4v) is 3.78. The lowest BCUT2D eigenvalue weighted by Crippen LogP contribution is -2.58. The SMILES string of the molecule is COc1ccc2c(c1)N(C(C(=O)O)C(C)C)C(C)(C)CC2C. The highest BCUT2D eigenvalue weighted by molar-refractivity contribution is 5.80. The van der Waals surface area contributed by atoms with Crippen molar-refractivity contribution in [3.63, 3.8) is 0 Å². The Balaban J connectivity index is 2.64. The average molecular weight is 305 g/mol. The Morgan fingerprint density at radius 2 is 2.05 bits per heavy atom. The van der Waals surface area contributed by atoms with Gasteiger partial charge in [-0.05, 0) is 43.7 Å². The Hall–Kier alpha value is -1.71. The first-order chi connectivity index (χ1) is 10.2. The van der Waals surface area contributed by atoms with E-state index in [1.165, 1.54) is 5.56 Å². The summed E-state index contributed by atoms with van der Waals surface area (Å²) >= 11 is 0. The number of aliphatic carboxylic acids is 1. The van der Waals surface area contributed by atoms with Crippen LogP contribution >= 0.6 is 0 Å². The first-order valence-electron chi connectivity index (χ1n) is 7.89. The summed E-state index contributed by atoms with van der Waals surface area (Å²) in [6.45, 7) is 10.4. The number of rotatable bonds is 4. The van der Waals surface area contributed by atoms with Crippen molar-refractivity contribution in [1.29, 1.82) is 0 Å². The third-order valence-electron chi connectivity index (χ3n) is 4.65. The van der Waals surface area contributed by atoms with Crippen molar-refractivity contribution in [2.75, 3.05) is 12.0 Å². The highest BCUT2D eigenvalue weighted by Gasteiger charge is 2.43. The van der Waals surface area contributed by atoms with Gasteiger partial charge >= 0.3 is 5.97 Å². The number of carbonyl (C=O) groups is 1. The quantitative estimate of drug-likeness (QED) is 0.916. The summed E-state index contributed by atoms with van der Waals surface area (Å²) in [6, 6.07) is 5.45. The molecule has 0 saturated carbocycles. The van der Waals surface area contributed by atoms with Gasteiger partial charge in [0.05, 0.1) is 7.11 Å². The van der Waals surface area contributed by atoms with Crippen molar-refractivity contribution in [3.05, 3.63) is 23.8 Å². The molecule has 122 valence electrons. The van der Waals surface area contributed by atoms with Crippen molar-refractivity contribution in [2.45, 2.75) is 58.5 Å². The molecular weight excluding hydrogens is 278 g/mol. The van der Waals surface area contributed by atoms with E-state index in [9.17, 15) is 9.90 Å². The zero-order valence-electron chi connectivity index (χ0n) is 14.4. The summed E-state index contributed by atoms with van der Waals surface area (Å²) in [4.78, 5) is 14.0. The standard InChI is InChI=1S/C18H27NO3/c1-11(2)16(17(20)21)19-15-9-13(22-6)7-8-14(15)12(3)10-18(19,4)5/h7-9,11-12,16H,10H2,1-6H3,(H,20,21). The first kappa shape index (κ1) is 16.7. The van der Waals surface area contributed by atoms with Crippen molar-refractivity contribution < 1.29 is 14.6 Å². The number of ether oxygens (including phenoxy) is 1. The Labute approximate surface area is 133 Å². The number of carboxylic acid groups (broad SMARTS) is 1. The van der Waals surface area contributed by atoms with Crippen molar-refractivity contribution in [3.8, 4) is 5.75 Å². The Morgan fingerprint density at radius 3 is 2.55 bits per heavy atom. The van der Waals surface area contributed by atoms with E-state index in [0.29, 0.717) is 5.92 Å². The molecule has 0 aromatic heterocycles. The molecule has 0 fully saturated rings. The molecule has 4 nitrogen and oxygen atoms in total. The van der Waals surface area contributed by atoms with Crippen LogP contribution in [0.4, 0.5) is 5.69 Å². The van der Waals surface area contributed by atoms with Crippen LogP contribution in [0.5, 0.6) is 5.75 Å². The molecule has 1 aliphatic rings. The lowest BCUT2D eigenvalue weighted by molar-refractivity contribution is -0.140. The zero-order valence-corrected chi connectivity index (χ0v) is 14.4. The maximum absolute atomic E-state index is 11.9. The van der Waals surface area contributed by atoms with Gasteiger partial charge in [-0.25, -0.2) is 4.79 Å². The van der Waals surface area contributed by atoms with Crippen LogP contribution in [-0.4, -0.2) is 29.8 Å². The lowest BCUT2D eigenvalue weighted by atomic mass is 9.78. The molecule has 2 rings (SSSR count). The average Bonchev–Trinajstić information content (AvgIpc) is 2.41. The second kappa shape index (κ2) is 5.82. The van der Waals surface area contributed by atoms with Crippen LogP contribution in [0.25, 0.3) is 0 Å². The fraction of sp³-hybridized carbons (Fsp3) is 0.611. The monoisotopic (exact) mass is 305 g/mol. The normalized spacial score (nSPS) is 21.4.